The molecule has 7 nitrogen and oxygen atoms in total. The van der Waals surface area contributed by atoms with Gasteiger partial charge < -0.3 is 10.8 Å². The lowest BCUT2D eigenvalue weighted by Crippen LogP contribution is -2.39. The molecule has 88 valence electrons. The lowest BCUT2D eigenvalue weighted by molar-refractivity contribution is 0.0682. The van der Waals surface area contributed by atoms with Crippen molar-refractivity contribution in [3.63, 3.8) is 0 Å². The van der Waals surface area contributed by atoms with Gasteiger partial charge in [0.2, 0.25) is 5.69 Å². The molecule has 0 atom stereocenters. The number of hydrogen-bond donors (Lipinski definition) is 2. The summed E-state index contributed by atoms with van der Waals surface area (Å²) < 4.78 is 4.44. The fourth-order valence-corrected chi connectivity index (χ4v) is 1.80. The van der Waals surface area contributed by atoms with Gasteiger partial charge in [-0.3, -0.25) is 4.90 Å². The zero-order valence-electron chi connectivity index (χ0n) is 8.80. The van der Waals surface area contributed by atoms with Crippen molar-refractivity contribution in [2.45, 2.75) is 25.4 Å². The van der Waals surface area contributed by atoms with Crippen molar-refractivity contribution in [3.8, 4) is 0 Å². The van der Waals surface area contributed by atoms with Crippen LogP contribution in [0.2, 0.25) is 0 Å². The van der Waals surface area contributed by atoms with Crippen LogP contribution in [0.25, 0.3) is 0 Å². The molecule has 1 aliphatic rings. The molecule has 1 saturated heterocycles. The number of carboxylic acids is 1. The summed E-state index contributed by atoms with van der Waals surface area (Å²) in [5.41, 5.74) is 6.06. The van der Waals surface area contributed by atoms with E-state index < -0.39 is 5.97 Å². The number of nitrogens with two attached hydrogens (primary N) is 1. The highest BCUT2D eigenvalue weighted by atomic mass is 16.6. The molecule has 0 spiro atoms. The number of piperidine rings is 1. The van der Waals surface area contributed by atoms with Gasteiger partial charge in [-0.15, -0.1) is 0 Å². The minimum atomic E-state index is -1.11. The topological polar surface area (TPSA) is 105 Å². The predicted octanol–water partition coefficient (Wildman–Crippen LogP) is -0.309. The number of nitrogens with zero attached hydrogens (tertiary/aromatic N) is 3. The number of carboxylic acid groups (broad SMARTS) is 1. The van der Waals surface area contributed by atoms with Crippen molar-refractivity contribution in [1.82, 2.24) is 15.2 Å². The van der Waals surface area contributed by atoms with Gasteiger partial charge in [0.25, 0.3) is 0 Å². The van der Waals surface area contributed by atoms with Crippen LogP contribution >= 0.6 is 0 Å². The maximum absolute atomic E-state index is 10.8. The van der Waals surface area contributed by atoms with E-state index in [1.54, 1.807) is 0 Å². The molecule has 0 saturated carbocycles. The zero-order valence-corrected chi connectivity index (χ0v) is 8.80. The molecule has 1 aromatic heterocycles. The van der Waals surface area contributed by atoms with E-state index in [0.29, 0.717) is 12.2 Å². The number of likely N-dealkylation sites (tertiary alicyclic amines) is 1. The molecule has 3 N–H and O–H groups in total. The molecule has 16 heavy (non-hydrogen) atoms. The number of aromatic nitrogens is 2. The normalized spacial score (nSPS) is 18.8. The number of carbonyl (C=O) groups is 1. The van der Waals surface area contributed by atoms with Crippen LogP contribution in [0.4, 0.5) is 0 Å². The summed E-state index contributed by atoms with van der Waals surface area (Å²) in [7, 11) is 0. The minimum Gasteiger partial charge on any atom is -0.476 e. The molecular weight excluding hydrogens is 212 g/mol. The standard InChI is InChI=1S/C9H14N4O3/c10-6-1-3-13(4-2-6)5-7-8(9(14)15)12-16-11-7/h6H,1-5,10H2,(H,14,15). The third-order valence-corrected chi connectivity index (χ3v) is 2.76. The van der Waals surface area contributed by atoms with Crippen LogP contribution in [0.5, 0.6) is 0 Å². The molecule has 0 unspecified atom stereocenters. The van der Waals surface area contributed by atoms with Crippen molar-refractivity contribution < 1.29 is 14.5 Å². The van der Waals surface area contributed by atoms with E-state index in [1.807, 2.05) is 0 Å². The lowest BCUT2D eigenvalue weighted by Gasteiger charge is -2.29. The van der Waals surface area contributed by atoms with Gasteiger partial charge in [0, 0.05) is 25.7 Å². The van der Waals surface area contributed by atoms with Crippen LogP contribution in [0.1, 0.15) is 29.0 Å². The predicted molar refractivity (Wildman–Crippen MR) is 53.7 cm³/mol. The molecule has 1 aromatic rings. The summed E-state index contributed by atoms with van der Waals surface area (Å²) in [4.78, 5) is 12.9. The summed E-state index contributed by atoms with van der Waals surface area (Å²) in [6, 6.07) is 0.255. The Morgan fingerprint density at radius 3 is 2.81 bits per heavy atom. The van der Waals surface area contributed by atoms with Crippen molar-refractivity contribution in [2.75, 3.05) is 13.1 Å². The fraction of sp³-hybridized carbons (Fsp3) is 0.667. The number of hydrogen-bond acceptors (Lipinski definition) is 6. The second-order valence-corrected chi connectivity index (χ2v) is 3.98. The molecule has 7 heteroatoms. The first kappa shape index (κ1) is 11.0. The van der Waals surface area contributed by atoms with E-state index >= 15 is 0 Å². The third-order valence-electron chi connectivity index (χ3n) is 2.76. The van der Waals surface area contributed by atoms with Gasteiger partial charge in [0.1, 0.15) is 5.69 Å². The van der Waals surface area contributed by atoms with Gasteiger partial charge >= 0.3 is 5.97 Å². The Morgan fingerprint density at radius 2 is 2.19 bits per heavy atom. The second-order valence-electron chi connectivity index (χ2n) is 3.98. The molecule has 0 aliphatic carbocycles. The lowest BCUT2D eigenvalue weighted by atomic mass is 10.1. The van der Waals surface area contributed by atoms with Crippen LogP contribution in [0.3, 0.4) is 0 Å². The van der Waals surface area contributed by atoms with Gasteiger partial charge in [0.05, 0.1) is 0 Å². The largest absolute Gasteiger partial charge is 0.476 e. The Labute approximate surface area is 92.2 Å². The van der Waals surface area contributed by atoms with E-state index in [9.17, 15) is 4.79 Å². The first-order valence-electron chi connectivity index (χ1n) is 5.19. The molecule has 1 aliphatic heterocycles. The SMILES string of the molecule is NC1CCN(Cc2nonc2C(=O)O)CC1. The van der Waals surface area contributed by atoms with Crippen LogP contribution < -0.4 is 5.73 Å². The average Bonchev–Trinajstić information content (AvgIpc) is 2.69. The van der Waals surface area contributed by atoms with Crippen molar-refractivity contribution in [3.05, 3.63) is 11.4 Å². The molecule has 2 rings (SSSR count). The Kier molecular flexibility index (Phi) is 3.16. The quantitative estimate of drug-likeness (QED) is 0.728. The van der Waals surface area contributed by atoms with Crippen molar-refractivity contribution in [1.29, 1.82) is 0 Å². The maximum Gasteiger partial charge on any atom is 0.360 e. The van der Waals surface area contributed by atoms with E-state index in [0.717, 1.165) is 25.9 Å². The number of aromatic carboxylic acids is 1. The highest BCUT2D eigenvalue weighted by Crippen LogP contribution is 2.13. The van der Waals surface area contributed by atoms with E-state index in [2.05, 4.69) is 19.8 Å². The van der Waals surface area contributed by atoms with E-state index in [-0.39, 0.29) is 11.7 Å². The average molecular weight is 226 g/mol. The Hall–Kier alpha value is -1.47. The first-order valence-corrected chi connectivity index (χ1v) is 5.19. The molecule has 0 aromatic carbocycles. The second kappa shape index (κ2) is 4.58. The molecular formula is C9H14N4O3. The van der Waals surface area contributed by atoms with Gasteiger partial charge in [-0.2, -0.15) is 0 Å². The highest BCUT2D eigenvalue weighted by molar-refractivity contribution is 5.86. The Balaban J connectivity index is 1.98. The highest BCUT2D eigenvalue weighted by Gasteiger charge is 2.22. The van der Waals surface area contributed by atoms with Gasteiger partial charge in [0.15, 0.2) is 0 Å². The number of rotatable bonds is 3. The summed E-state index contributed by atoms with van der Waals surface area (Å²) >= 11 is 0. The smallest absolute Gasteiger partial charge is 0.360 e. The van der Waals surface area contributed by atoms with E-state index in [4.69, 9.17) is 10.8 Å². The van der Waals surface area contributed by atoms with Gasteiger partial charge in [-0.05, 0) is 18.0 Å². The summed E-state index contributed by atoms with van der Waals surface area (Å²) in [6.07, 6.45) is 1.85. The molecule has 1 fully saturated rings. The third kappa shape index (κ3) is 2.37. The van der Waals surface area contributed by atoms with Gasteiger partial charge in [-0.1, -0.05) is 5.16 Å². The van der Waals surface area contributed by atoms with Crippen LogP contribution in [0, 0.1) is 0 Å². The van der Waals surface area contributed by atoms with Crippen LogP contribution in [-0.4, -0.2) is 45.4 Å². The monoisotopic (exact) mass is 226 g/mol. The molecule has 2 heterocycles. The minimum absolute atomic E-state index is 0.102. The Bertz CT molecular complexity index is 371. The zero-order chi connectivity index (χ0) is 11.5. The summed E-state index contributed by atoms with van der Waals surface area (Å²) in [6.45, 7) is 2.16. The maximum atomic E-state index is 10.8. The van der Waals surface area contributed by atoms with Crippen molar-refractivity contribution in [2.24, 2.45) is 5.73 Å². The van der Waals surface area contributed by atoms with Gasteiger partial charge in [-0.25, -0.2) is 9.42 Å². The summed E-state index contributed by atoms with van der Waals surface area (Å²) in [5, 5.41) is 15.8. The van der Waals surface area contributed by atoms with E-state index in [1.165, 1.54) is 0 Å². The van der Waals surface area contributed by atoms with Crippen LogP contribution in [-0.2, 0) is 6.54 Å². The van der Waals surface area contributed by atoms with Crippen molar-refractivity contribution >= 4 is 5.97 Å². The molecule has 0 radical (unpaired) electrons. The summed E-state index contributed by atoms with van der Waals surface area (Å²) in [5.74, 6) is -1.11. The fourth-order valence-electron chi connectivity index (χ4n) is 1.80. The first-order chi connectivity index (χ1) is 7.66. The van der Waals surface area contributed by atoms with Crippen LogP contribution in [0.15, 0.2) is 4.63 Å². The molecule has 0 bridgehead atoms. The Morgan fingerprint density at radius 1 is 1.50 bits per heavy atom. The molecule has 0 amide bonds.